The highest BCUT2D eigenvalue weighted by Gasteiger charge is 2.20. The molecule has 1 fully saturated rings. The van der Waals surface area contributed by atoms with E-state index in [-0.39, 0.29) is 0 Å². The Labute approximate surface area is 170 Å². The number of nitrogens with zero attached hydrogens (tertiary/aromatic N) is 2. The van der Waals surface area contributed by atoms with Gasteiger partial charge in [-0.3, -0.25) is 4.99 Å². The molecule has 0 spiro atoms. The van der Waals surface area contributed by atoms with Gasteiger partial charge >= 0.3 is 0 Å². The summed E-state index contributed by atoms with van der Waals surface area (Å²) in [5.74, 6) is 3.63. The number of anilines is 1. The highest BCUT2D eigenvalue weighted by atomic mass is 16.5. The van der Waals surface area contributed by atoms with Gasteiger partial charge < -0.3 is 25.0 Å². The lowest BCUT2D eigenvalue weighted by molar-refractivity contribution is 0.162. The standard InChI is InChI=1S/C22H38N4O2/c1-6-23-22(24-14-18-9-8-12-26(16-18)15-17(3)4)25-19-10-11-20(27-5)21(13-19)28-7-2/h10-11,13,17-18H,6-9,12,14-16H2,1-5H3,(H2,23,24,25). The van der Waals surface area contributed by atoms with Crippen molar-refractivity contribution in [1.29, 1.82) is 0 Å². The Morgan fingerprint density at radius 1 is 1.29 bits per heavy atom. The van der Waals surface area contributed by atoms with Gasteiger partial charge in [0.05, 0.1) is 13.7 Å². The monoisotopic (exact) mass is 390 g/mol. The van der Waals surface area contributed by atoms with Crippen LogP contribution in [0.1, 0.15) is 40.5 Å². The Bertz CT molecular complexity index is 619. The van der Waals surface area contributed by atoms with E-state index in [0.29, 0.717) is 12.5 Å². The first-order chi connectivity index (χ1) is 13.5. The SMILES string of the molecule is CCNC(=NCC1CCCN(CC(C)C)C1)Nc1ccc(OC)c(OCC)c1. The summed E-state index contributed by atoms with van der Waals surface area (Å²) in [5, 5.41) is 6.75. The Hall–Kier alpha value is -1.95. The molecule has 0 aromatic heterocycles. The van der Waals surface area contributed by atoms with Gasteiger partial charge in [-0.2, -0.15) is 0 Å². The van der Waals surface area contributed by atoms with Crippen molar-refractivity contribution in [3.05, 3.63) is 18.2 Å². The molecular weight excluding hydrogens is 352 g/mol. The van der Waals surface area contributed by atoms with Crippen molar-refractivity contribution < 1.29 is 9.47 Å². The normalized spacial score (nSPS) is 18.2. The molecule has 1 aliphatic rings. The Morgan fingerprint density at radius 2 is 2.11 bits per heavy atom. The van der Waals surface area contributed by atoms with Crippen molar-refractivity contribution in [3.8, 4) is 11.5 Å². The summed E-state index contributed by atoms with van der Waals surface area (Å²) in [6.45, 7) is 14.5. The van der Waals surface area contributed by atoms with Crippen LogP contribution >= 0.6 is 0 Å². The Kier molecular flexibility index (Phi) is 9.41. The second kappa shape index (κ2) is 11.8. The first-order valence-corrected chi connectivity index (χ1v) is 10.6. The van der Waals surface area contributed by atoms with Crippen LogP contribution in [0.5, 0.6) is 11.5 Å². The van der Waals surface area contributed by atoms with E-state index in [1.165, 1.54) is 25.9 Å². The van der Waals surface area contributed by atoms with Crippen molar-refractivity contribution in [2.75, 3.05) is 51.8 Å². The van der Waals surface area contributed by atoms with E-state index in [2.05, 4.69) is 36.3 Å². The van der Waals surface area contributed by atoms with Crippen LogP contribution in [0.3, 0.4) is 0 Å². The molecule has 0 radical (unpaired) electrons. The summed E-state index contributed by atoms with van der Waals surface area (Å²) in [5.41, 5.74) is 0.939. The zero-order valence-corrected chi connectivity index (χ0v) is 18.3. The average molecular weight is 391 g/mol. The fourth-order valence-electron chi connectivity index (χ4n) is 3.67. The van der Waals surface area contributed by atoms with Crippen LogP contribution in [0.2, 0.25) is 0 Å². The number of benzene rings is 1. The van der Waals surface area contributed by atoms with Gasteiger partial charge in [-0.25, -0.2) is 0 Å². The van der Waals surface area contributed by atoms with Crippen LogP contribution in [-0.2, 0) is 0 Å². The fraction of sp³-hybridized carbons (Fsp3) is 0.682. The van der Waals surface area contributed by atoms with E-state index >= 15 is 0 Å². The number of aliphatic imine (C=N–C) groups is 1. The molecule has 28 heavy (non-hydrogen) atoms. The van der Waals surface area contributed by atoms with Gasteiger partial charge in [0.15, 0.2) is 17.5 Å². The molecular formula is C22H38N4O2. The molecule has 0 aliphatic carbocycles. The number of guanidine groups is 1. The van der Waals surface area contributed by atoms with Gasteiger partial charge in [0.25, 0.3) is 0 Å². The molecule has 6 heteroatoms. The van der Waals surface area contributed by atoms with Gasteiger partial charge in [0, 0.05) is 37.9 Å². The minimum atomic E-state index is 0.600. The lowest BCUT2D eigenvalue weighted by Gasteiger charge is -2.33. The third-order valence-corrected chi connectivity index (χ3v) is 4.80. The van der Waals surface area contributed by atoms with Crippen molar-refractivity contribution >= 4 is 11.6 Å². The van der Waals surface area contributed by atoms with Crippen molar-refractivity contribution in [2.24, 2.45) is 16.8 Å². The summed E-state index contributed by atoms with van der Waals surface area (Å²) in [7, 11) is 1.66. The second-order valence-electron chi connectivity index (χ2n) is 7.80. The topological polar surface area (TPSA) is 58.1 Å². The predicted molar refractivity (Wildman–Crippen MR) is 118 cm³/mol. The number of rotatable bonds is 9. The minimum absolute atomic E-state index is 0.600. The van der Waals surface area contributed by atoms with E-state index in [4.69, 9.17) is 14.5 Å². The van der Waals surface area contributed by atoms with Gasteiger partial charge in [-0.15, -0.1) is 0 Å². The molecule has 158 valence electrons. The quantitative estimate of drug-likeness (QED) is 0.496. The van der Waals surface area contributed by atoms with Crippen molar-refractivity contribution in [2.45, 2.75) is 40.5 Å². The molecule has 0 amide bonds. The molecule has 1 aromatic rings. The molecule has 6 nitrogen and oxygen atoms in total. The van der Waals surface area contributed by atoms with E-state index < -0.39 is 0 Å². The van der Waals surface area contributed by atoms with Gasteiger partial charge in [0.1, 0.15) is 0 Å². The molecule has 1 saturated heterocycles. The summed E-state index contributed by atoms with van der Waals surface area (Å²) >= 11 is 0. The lowest BCUT2D eigenvalue weighted by atomic mass is 9.97. The highest BCUT2D eigenvalue weighted by molar-refractivity contribution is 5.93. The summed E-state index contributed by atoms with van der Waals surface area (Å²) in [4.78, 5) is 7.45. The molecule has 2 N–H and O–H groups in total. The maximum Gasteiger partial charge on any atom is 0.195 e. The number of ether oxygens (including phenoxy) is 2. The highest BCUT2D eigenvalue weighted by Crippen LogP contribution is 2.30. The molecule has 1 atom stereocenters. The first kappa shape index (κ1) is 22.3. The fourth-order valence-corrected chi connectivity index (χ4v) is 3.67. The number of piperidine rings is 1. The van der Waals surface area contributed by atoms with Crippen molar-refractivity contribution in [3.63, 3.8) is 0 Å². The predicted octanol–water partition coefficient (Wildman–Crippen LogP) is 3.84. The number of nitrogens with one attached hydrogen (secondary N) is 2. The van der Waals surface area contributed by atoms with E-state index in [9.17, 15) is 0 Å². The van der Waals surface area contributed by atoms with Gasteiger partial charge in [-0.05, 0) is 57.2 Å². The maximum absolute atomic E-state index is 5.68. The minimum Gasteiger partial charge on any atom is -0.493 e. The number of hydrogen-bond acceptors (Lipinski definition) is 4. The maximum atomic E-state index is 5.68. The molecule has 1 unspecified atom stereocenters. The zero-order chi connectivity index (χ0) is 20.4. The Balaban J connectivity index is 2.01. The summed E-state index contributed by atoms with van der Waals surface area (Å²) in [6.07, 6.45) is 2.53. The number of hydrogen-bond donors (Lipinski definition) is 2. The first-order valence-electron chi connectivity index (χ1n) is 10.6. The van der Waals surface area contributed by atoms with Crippen LogP contribution in [0.4, 0.5) is 5.69 Å². The van der Waals surface area contributed by atoms with Gasteiger partial charge in [-0.1, -0.05) is 13.8 Å². The lowest BCUT2D eigenvalue weighted by Crippen LogP contribution is -2.39. The molecule has 0 saturated carbocycles. The van der Waals surface area contributed by atoms with Crippen molar-refractivity contribution in [1.82, 2.24) is 10.2 Å². The summed E-state index contributed by atoms with van der Waals surface area (Å²) in [6, 6.07) is 5.86. The van der Waals surface area contributed by atoms with Crippen LogP contribution < -0.4 is 20.1 Å². The van der Waals surface area contributed by atoms with E-state index in [0.717, 1.165) is 48.7 Å². The van der Waals surface area contributed by atoms with Crippen LogP contribution in [0.25, 0.3) is 0 Å². The summed E-state index contributed by atoms with van der Waals surface area (Å²) < 4.78 is 11.0. The third-order valence-electron chi connectivity index (χ3n) is 4.80. The Morgan fingerprint density at radius 3 is 2.79 bits per heavy atom. The number of likely N-dealkylation sites (tertiary alicyclic amines) is 1. The average Bonchev–Trinajstić information content (AvgIpc) is 2.67. The smallest absolute Gasteiger partial charge is 0.195 e. The second-order valence-corrected chi connectivity index (χ2v) is 7.80. The third kappa shape index (κ3) is 7.23. The molecule has 1 heterocycles. The van der Waals surface area contributed by atoms with Crippen LogP contribution in [-0.4, -0.2) is 57.3 Å². The molecule has 1 aliphatic heterocycles. The van der Waals surface area contributed by atoms with Crippen LogP contribution in [0, 0.1) is 11.8 Å². The molecule has 2 rings (SSSR count). The largest absolute Gasteiger partial charge is 0.493 e. The van der Waals surface area contributed by atoms with E-state index in [1.807, 2.05) is 25.1 Å². The zero-order valence-electron chi connectivity index (χ0n) is 18.3. The molecule has 0 bridgehead atoms. The van der Waals surface area contributed by atoms with Crippen LogP contribution in [0.15, 0.2) is 23.2 Å². The number of methoxy groups -OCH3 is 1. The van der Waals surface area contributed by atoms with E-state index in [1.54, 1.807) is 7.11 Å². The molecule has 1 aromatic carbocycles. The van der Waals surface area contributed by atoms with Gasteiger partial charge in [0.2, 0.25) is 0 Å².